The molecule has 0 aliphatic heterocycles. The van der Waals surface area contributed by atoms with E-state index in [0.717, 1.165) is 18.7 Å². The second-order valence-electron chi connectivity index (χ2n) is 4.31. The molecule has 0 aromatic heterocycles. The van der Waals surface area contributed by atoms with Crippen molar-refractivity contribution in [3.8, 4) is 0 Å². The van der Waals surface area contributed by atoms with Gasteiger partial charge in [0.05, 0.1) is 0 Å². The minimum absolute atomic E-state index is 0.0900. The second-order valence-corrected chi connectivity index (χ2v) is 5.29. The van der Waals surface area contributed by atoms with Crippen LogP contribution in [0.2, 0.25) is 0 Å². The van der Waals surface area contributed by atoms with Crippen LogP contribution >= 0.6 is 11.8 Å². The highest BCUT2D eigenvalue weighted by Gasteiger charge is 2.06. The summed E-state index contributed by atoms with van der Waals surface area (Å²) in [7, 11) is 1.83. The number of nitrogens with zero attached hydrogens (tertiary/aromatic N) is 1. The largest absolute Gasteiger partial charge is 0.385 e. The molecule has 0 unspecified atom stereocenters. The number of amides is 1. The highest BCUT2D eigenvalue weighted by atomic mass is 32.2. The molecule has 0 spiro atoms. The van der Waals surface area contributed by atoms with Crippen molar-refractivity contribution >= 4 is 23.4 Å². The number of hydrogen-bond donors (Lipinski definition) is 1. The number of nitrogens with one attached hydrogen (secondary N) is 1. The van der Waals surface area contributed by atoms with Crippen LogP contribution in [0, 0.1) is 0 Å². The van der Waals surface area contributed by atoms with Gasteiger partial charge in [-0.1, -0.05) is 18.2 Å². The molecule has 1 N–H and O–H groups in total. The second kappa shape index (κ2) is 8.03. The summed E-state index contributed by atoms with van der Waals surface area (Å²) in [5.74, 6) is 1.26. The number of anilines is 1. The van der Waals surface area contributed by atoms with Gasteiger partial charge in [0, 0.05) is 32.7 Å². The van der Waals surface area contributed by atoms with Crippen molar-refractivity contribution in [3.63, 3.8) is 0 Å². The Morgan fingerprint density at radius 1 is 1.39 bits per heavy atom. The van der Waals surface area contributed by atoms with Crippen LogP contribution in [0.15, 0.2) is 24.3 Å². The van der Waals surface area contributed by atoms with E-state index in [1.807, 2.05) is 30.9 Å². The molecule has 0 fully saturated rings. The van der Waals surface area contributed by atoms with E-state index < -0.39 is 0 Å². The zero-order chi connectivity index (χ0) is 13.4. The van der Waals surface area contributed by atoms with Gasteiger partial charge in [0.2, 0.25) is 5.91 Å². The molecule has 18 heavy (non-hydrogen) atoms. The molecule has 0 heterocycles. The van der Waals surface area contributed by atoms with E-state index >= 15 is 0 Å². The maximum atomic E-state index is 11.3. The molecule has 1 aromatic rings. The molecule has 0 saturated heterocycles. The van der Waals surface area contributed by atoms with Crippen LogP contribution in [0.4, 0.5) is 5.69 Å². The van der Waals surface area contributed by atoms with E-state index in [4.69, 9.17) is 0 Å². The zero-order valence-electron chi connectivity index (χ0n) is 11.4. The summed E-state index contributed by atoms with van der Waals surface area (Å²) in [5.41, 5.74) is 2.30. The Balaban J connectivity index is 2.58. The van der Waals surface area contributed by atoms with Crippen molar-refractivity contribution in [3.05, 3.63) is 29.8 Å². The first kappa shape index (κ1) is 14.9. The Bertz CT molecular complexity index is 382. The van der Waals surface area contributed by atoms with Gasteiger partial charge >= 0.3 is 0 Å². The van der Waals surface area contributed by atoms with Gasteiger partial charge in [-0.2, -0.15) is 11.8 Å². The summed E-state index contributed by atoms with van der Waals surface area (Å²) < 4.78 is 0. The molecule has 4 heteroatoms. The molecule has 0 aliphatic carbocycles. The molecule has 0 radical (unpaired) electrons. The van der Waals surface area contributed by atoms with Gasteiger partial charge in [0.25, 0.3) is 0 Å². The average molecular weight is 266 g/mol. The molecule has 1 amide bonds. The molecule has 1 rings (SSSR count). The summed E-state index contributed by atoms with van der Waals surface area (Å²) in [6.07, 6.45) is 3.27. The molecule has 0 atom stereocenters. The molecule has 0 aliphatic rings. The highest BCUT2D eigenvalue weighted by molar-refractivity contribution is 7.98. The van der Waals surface area contributed by atoms with Gasteiger partial charge < -0.3 is 10.2 Å². The lowest BCUT2D eigenvalue weighted by molar-refractivity contribution is -0.128. The Morgan fingerprint density at radius 3 is 2.78 bits per heavy atom. The SMILES string of the molecule is CSCCCNc1ccccc1CN(C)C(C)=O. The Hall–Kier alpha value is -1.16. The first-order valence-corrected chi connectivity index (χ1v) is 7.57. The average Bonchev–Trinajstić information content (AvgIpc) is 2.36. The van der Waals surface area contributed by atoms with Crippen molar-refractivity contribution in [2.24, 2.45) is 0 Å². The van der Waals surface area contributed by atoms with Crippen LogP contribution < -0.4 is 5.32 Å². The Kier molecular flexibility index (Phi) is 6.65. The molecule has 0 saturated carbocycles. The van der Waals surface area contributed by atoms with Crippen LogP contribution in [0.5, 0.6) is 0 Å². The Labute approximate surface area is 114 Å². The van der Waals surface area contributed by atoms with Crippen molar-refractivity contribution in [2.75, 3.05) is 30.9 Å². The van der Waals surface area contributed by atoms with Gasteiger partial charge in [-0.05, 0) is 30.1 Å². The minimum Gasteiger partial charge on any atom is -0.385 e. The minimum atomic E-state index is 0.0900. The van der Waals surface area contributed by atoms with Crippen LogP contribution in [0.25, 0.3) is 0 Å². The van der Waals surface area contributed by atoms with Crippen molar-refractivity contribution in [1.29, 1.82) is 0 Å². The summed E-state index contributed by atoms with van der Waals surface area (Å²) in [6, 6.07) is 8.17. The first-order chi connectivity index (χ1) is 8.65. The van der Waals surface area contributed by atoms with Crippen molar-refractivity contribution in [1.82, 2.24) is 4.90 Å². The standard InChI is InChI=1S/C14H22N2OS/c1-12(17)16(2)11-13-7-4-5-8-14(13)15-9-6-10-18-3/h4-5,7-8,15H,6,9-11H2,1-3H3. The molecule has 3 nitrogen and oxygen atoms in total. The number of benzene rings is 1. The van der Waals surface area contributed by atoms with Crippen LogP contribution in [0.1, 0.15) is 18.9 Å². The summed E-state index contributed by atoms with van der Waals surface area (Å²) in [4.78, 5) is 13.0. The molecule has 100 valence electrons. The number of carbonyl (C=O) groups excluding carboxylic acids is 1. The predicted molar refractivity (Wildman–Crippen MR) is 80.1 cm³/mol. The maximum Gasteiger partial charge on any atom is 0.219 e. The molecule has 1 aromatic carbocycles. The lowest BCUT2D eigenvalue weighted by atomic mass is 10.1. The fourth-order valence-electron chi connectivity index (χ4n) is 1.64. The molecular formula is C14H22N2OS. The number of hydrogen-bond acceptors (Lipinski definition) is 3. The predicted octanol–water partition coefficient (Wildman–Crippen LogP) is 2.83. The molecule has 0 bridgehead atoms. The number of thioether (sulfide) groups is 1. The fourth-order valence-corrected chi connectivity index (χ4v) is 2.07. The molecular weight excluding hydrogens is 244 g/mol. The highest BCUT2D eigenvalue weighted by Crippen LogP contribution is 2.16. The third kappa shape index (κ3) is 5.00. The monoisotopic (exact) mass is 266 g/mol. The number of carbonyl (C=O) groups is 1. The van der Waals surface area contributed by atoms with Gasteiger partial charge in [-0.3, -0.25) is 4.79 Å². The number of para-hydroxylation sites is 1. The van der Waals surface area contributed by atoms with Crippen LogP contribution in [-0.4, -0.2) is 36.4 Å². The first-order valence-electron chi connectivity index (χ1n) is 6.17. The quantitative estimate of drug-likeness (QED) is 0.770. The van der Waals surface area contributed by atoms with E-state index in [9.17, 15) is 4.79 Å². The van der Waals surface area contributed by atoms with Gasteiger partial charge in [-0.25, -0.2) is 0 Å². The normalized spacial score (nSPS) is 10.2. The lowest BCUT2D eigenvalue weighted by Crippen LogP contribution is -2.23. The summed E-state index contributed by atoms with van der Waals surface area (Å²) in [5, 5.41) is 3.44. The summed E-state index contributed by atoms with van der Waals surface area (Å²) in [6.45, 7) is 3.22. The Morgan fingerprint density at radius 2 is 2.11 bits per heavy atom. The smallest absolute Gasteiger partial charge is 0.219 e. The maximum absolute atomic E-state index is 11.3. The topological polar surface area (TPSA) is 32.3 Å². The van der Waals surface area contributed by atoms with Crippen LogP contribution in [-0.2, 0) is 11.3 Å². The van der Waals surface area contributed by atoms with Crippen LogP contribution in [0.3, 0.4) is 0 Å². The van der Waals surface area contributed by atoms with E-state index in [0.29, 0.717) is 6.54 Å². The van der Waals surface area contributed by atoms with Crippen molar-refractivity contribution in [2.45, 2.75) is 19.9 Å². The summed E-state index contributed by atoms with van der Waals surface area (Å²) >= 11 is 1.86. The third-order valence-corrected chi connectivity index (χ3v) is 3.50. The van der Waals surface area contributed by atoms with E-state index in [-0.39, 0.29) is 5.91 Å². The lowest BCUT2D eigenvalue weighted by Gasteiger charge is -2.18. The van der Waals surface area contributed by atoms with E-state index in [2.05, 4.69) is 23.7 Å². The zero-order valence-corrected chi connectivity index (χ0v) is 12.2. The van der Waals surface area contributed by atoms with Gasteiger partial charge in [0.15, 0.2) is 0 Å². The number of rotatable bonds is 7. The third-order valence-electron chi connectivity index (χ3n) is 2.80. The van der Waals surface area contributed by atoms with Gasteiger partial charge in [-0.15, -0.1) is 0 Å². The van der Waals surface area contributed by atoms with Crippen molar-refractivity contribution < 1.29 is 4.79 Å². The van der Waals surface area contributed by atoms with E-state index in [1.165, 1.54) is 11.3 Å². The van der Waals surface area contributed by atoms with Gasteiger partial charge in [0.1, 0.15) is 0 Å². The fraction of sp³-hybridized carbons (Fsp3) is 0.500. The van der Waals surface area contributed by atoms with E-state index in [1.54, 1.807) is 11.8 Å².